The second kappa shape index (κ2) is 9.03. The van der Waals surface area contributed by atoms with Gasteiger partial charge >= 0.3 is 0 Å². The molecule has 0 aliphatic heterocycles. The fraction of sp³-hybridized carbons (Fsp3) is 0. The summed E-state index contributed by atoms with van der Waals surface area (Å²) in [4.78, 5) is 13.9. The molecule has 6 aromatic heterocycles. The van der Waals surface area contributed by atoms with Crippen LogP contribution in [0.4, 0.5) is 0 Å². The van der Waals surface area contributed by atoms with Gasteiger partial charge in [-0.05, 0) is 94.7 Å². The molecule has 10 aromatic rings. The number of benzene rings is 4. The Morgan fingerprint density at radius 2 is 0.886 bits per heavy atom. The van der Waals surface area contributed by atoms with Crippen molar-refractivity contribution in [3.63, 3.8) is 0 Å². The summed E-state index contributed by atoms with van der Waals surface area (Å²) in [5.41, 5.74) is 7.04. The van der Waals surface area contributed by atoms with Gasteiger partial charge in [-0.1, -0.05) is 24.3 Å². The Balaban J connectivity index is 0.979. The van der Waals surface area contributed by atoms with E-state index in [1.54, 1.807) is 35.2 Å². The molecule has 0 radical (unpaired) electrons. The van der Waals surface area contributed by atoms with Crippen molar-refractivity contribution < 1.29 is 17.7 Å². The zero-order chi connectivity index (χ0) is 28.8. The number of nitrogens with zero attached hydrogens (tertiary/aromatic N) is 2. The number of aromatic nitrogens is 2. The Bertz CT molecular complexity index is 2440. The molecule has 0 saturated carbocycles. The number of hydrogen-bond donors (Lipinski definition) is 0. The molecule has 0 spiro atoms. The molecule has 8 heteroatoms. The molecular weight excluding hydrogens is 589 g/mol. The van der Waals surface area contributed by atoms with Crippen LogP contribution in [0.5, 0.6) is 0 Å². The van der Waals surface area contributed by atoms with Crippen LogP contribution in [0.25, 0.3) is 97.3 Å². The third-order valence-corrected chi connectivity index (χ3v) is 10.2. The standard InChI is InChI=1S/C36H18N2O4S2/c1-3-21(15-27-19(1)9-11-39-27)31-5-7-33(43-31)35-37-25-13-23-18-30-26(14-24(23)17-29(25)41-35)38-36(42-30)34-8-6-32(44-34)22-4-2-20-10-12-40-28(20)16-22/h1-18H. The van der Waals surface area contributed by atoms with Crippen LogP contribution in [0.15, 0.2) is 127 Å². The highest BCUT2D eigenvalue weighted by atomic mass is 32.1. The lowest BCUT2D eigenvalue weighted by Crippen LogP contribution is -1.76. The molecule has 6 heterocycles. The summed E-state index contributed by atoms with van der Waals surface area (Å²) in [5, 5.41) is 4.22. The number of rotatable bonds is 4. The minimum absolute atomic E-state index is 0.606. The number of thiophene rings is 2. The maximum Gasteiger partial charge on any atom is 0.237 e. The molecule has 0 aliphatic rings. The second-order valence-corrected chi connectivity index (χ2v) is 12.9. The van der Waals surface area contributed by atoms with Crippen molar-refractivity contribution in [2.45, 2.75) is 0 Å². The van der Waals surface area contributed by atoms with Crippen molar-refractivity contribution in [2.75, 3.05) is 0 Å². The van der Waals surface area contributed by atoms with Crippen molar-refractivity contribution in [3.05, 3.63) is 110 Å². The lowest BCUT2D eigenvalue weighted by molar-refractivity contribution is 0.615. The van der Waals surface area contributed by atoms with Gasteiger partial charge in [-0.25, -0.2) is 9.97 Å². The third kappa shape index (κ3) is 3.78. The molecular formula is C36H18N2O4S2. The molecule has 208 valence electrons. The maximum atomic E-state index is 6.25. The van der Waals surface area contributed by atoms with Crippen molar-refractivity contribution in [3.8, 4) is 42.4 Å². The van der Waals surface area contributed by atoms with Gasteiger partial charge in [0, 0.05) is 20.5 Å². The van der Waals surface area contributed by atoms with Crippen LogP contribution in [-0.4, -0.2) is 9.97 Å². The molecule has 0 bridgehead atoms. The van der Waals surface area contributed by atoms with Crippen LogP contribution in [0.1, 0.15) is 0 Å². The van der Waals surface area contributed by atoms with E-state index in [4.69, 9.17) is 27.6 Å². The Kier molecular flexibility index (Phi) is 4.94. The topological polar surface area (TPSA) is 78.3 Å². The first-order valence-corrected chi connectivity index (χ1v) is 15.6. The highest BCUT2D eigenvalue weighted by Crippen LogP contribution is 2.39. The lowest BCUT2D eigenvalue weighted by atomic mass is 10.1. The van der Waals surface area contributed by atoms with Crippen LogP contribution < -0.4 is 0 Å². The van der Waals surface area contributed by atoms with Crippen LogP contribution in [0.3, 0.4) is 0 Å². The van der Waals surface area contributed by atoms with Crippen LogP contribution in [0.2, 0.25) is 0 Å². The van der Waals surface area contributed by atoms with Gasteiger partial charge in [0.05, 0.1) is 22.3 Å². The van der Waals surface area contributed by atoms with E-state index in [0.29, 0.717) is 11.8 Å². The first-order chi connectivity index (χ1) is 21.7. The quantitative estimate of drug-likeness (QED) is 0.198. The normalized spacial score (nSPS) is 12.1. The predicted molar refractivity (Wildman–Crippen MR) is 176 cm³/mol. The lowest BCUT2D eigenvalue weighted by Gasteiger charge is -1.96. The Morgan fingerprint density at radius 3 is 1.39 bits per heavy atom. The smallest absolute Gasteiger partial charge is 0.237 e. The molecule has 0 N–H and O–H groups in total. The summed E-state index contributed by atoms with van der Waals surface area (Å²) in [6.45, 7) is 0. The molecule has 44 heavy (non-hydrogen) atoms. The van der Waals surface area contributed by atoms with Crippen molar-refractivity contribution in [1.82, 2.24) is 9.97 Å². The summed E-state index contributed by atoms with van der Waals surface area (Å²) < 4.78 is 23.7. The number of furan rings is 2. The van der Waals surface area contributed by atoms with Gasteiger partial charge in [0.15, 0.2) is 11.2 Å². The van der Waals surface area contributed by atoms with E-state index in [0.717, 1.165) is 85.5 Å². The largest absolute Gasteiger partial charge is 0.464 e. The predicted octanol–water partition coefficient (Wildman–Crippen LogP) is 11.4. The zero-order valence-corrected chi connectivity index (χ0v) is 24.4. The summed E-state index contributed by atoms with van der Waals surface area (Å²) in [6.07, 6.45) is 3.43. The SMILES string of the molecule is c1cc2ccc(-c3ccc(-c4nc5cc6cc7oc(-c8ccc(-c9ccc%10ccoc%10c9)s8)nc7cc6cc5o4)s3)cc2o1. The van der Waals surface area contributed by atoms with E-state index in [9.17, 15) is 0 Å². The molecule has 0 saturated heterocycles. The molecule has 0 unspecified atom stereocenters. The van der Waals surface area contributed by atoms with Crippen LogP contribution in [-0.2, 0) is 0 Å². The van der Waals surface area contributed by atoms with E-state index >= 15 is 0 Å². The Hall–Kier alpha value is -5.44. The van der Waals surface area contributed by atoms with Gasteiger partial charge in [-0.15, -0.1) is 22.7 Å². The summed E-state index contributed by atoms with van der Waals surface area (Å²) in [5.74, 6) is 1.21. The van der Waals surface area contributed by atoms with Gasteiger partial charge in [-0.2, -0.15) is 0 Å². The Labute approximate surface area is 256 Å². The van der Waals surface area contributed by atoms with Gasteiger partial charge in [0.25, 0.3) is 0 Å². The van der Waals surface area contributed by atoms with Gasteiger partial charge in [-0.3, -0.25) is 0 Å². The van der Waals surface area contributed by atoms with Crippen molar-refractivity contribution in [1.29, 1.82) is 0 Å². The van der Waals surface area contributed by atoms with E-state index in [2.05, 4.69) is 60.7 Å². The van der Waals surface area contributed by atoms with Gasteiger partial charge < -0.3 is 17.7 Å². The molecule has 0 fully saturated rings. The average molecular weight is 607 g/mol. The van der Waals surface area contributed by atoms with Crippen molar-refractivity contribution >= 4 is 77.6 Å². The molecule has 6 nitrogen and oxygen atoms in total. The van der Waals surface area contributed by atoms with Crippen LogP contribution >= 0.6 is 22.7 Å². The zero-order valence-electron chi connectivity index (χ0n) is 22.7. The van der Waals surface area contributed by atoms with Gasteiger partial charge in [0.1, 0.15) is 22.2 Å². The molecule has 0 atom stereocenters. The molecule has 10 rings (SSSR count). The minimum Gasteiger partial charge on any atom is -0.464 e. The Morgan fingerprint density at radius 1 is 0.409 bits per heavy atom. The van der Waals surface area contributed by atoms with E-state index in [-0.39, 0.29) is 0 Å². The second-order valence-electron chi connectivity index (χ2n) is 10.7. The molecule has 4 aromatic carbocycles. The van der Waals surface area contributed by atoms with E-state index in [1.165, 1.54) is 0 Å². The fourth-order valence-corrected chi connectivity index (χ4v) is 7.59. The summed E-state index contributed by atoms with van der Waals surface area (Å²) >= 11 is 3.29. The minimum atomic E-state index is 0.606. The number of hydrogen-bond acceptors (Lipinski definition) is 8. The highest BCUT2D eigenvalue weighted by Gasteiger charge is 2.16. The first-order valence-electron chi connectivity index (χ1n) is 14.0. The van der Waals surface area contributed by atoms with Crippen molar-refractivity contribution in [2.24, 2.45) is 0 Å². The molecule has 0 amide bonds. The summed E-state index contributed by atoms with van der Waals surface area (Å²) in [7, 11) is 0. The molecule has 0 aliphatic carbocycles. The first kappa shape index (κ1) is 24.0. The summed E-state index contributed by atoms with van der Waals surface area (Å²) in [6, 6.07) is 32.9. The number of oxazole rings is 2. The highest BCUT2D eigenvalue weighted by molar-refractivity contribution is 7.19. The number of fused-ring (bicyclic) bond motifs is 5. The van der Waals surface area contributed by atoms with E-state index in [1.807, 2.05) is 36.4 Å². The third-order valence-electron chi connectivity index (χ3n) is 7.97. The van der Waals surface area contributed by atoms with Gasteiger partial charge in [0.2, 0.25) is 11.8 Å². The average Bonchev–Trinajstić information content (AvgIpc) is 3.89. The van der Waals surface area contributed by atoms with Crippen LogP contribution in [0, 0.1) is 0 Å². The monoisotopic (exact) mass is 606 g/mol. The van der Waals surface area contributed by atoms with E-state index < -0.39 is 0 Å². The fourth-order valence-electron chi connectivity index (χ4n) is 5.74. The maximum absolute atomic E-state index is 6.25.